The Morgan fingerprint density at radius 2 is 0.500 bits per heavy atom. The van der Waals surface area contributed by atoms with Gasteiger partial charge >= 0.3 is 18.9 Å². The van der Waals surface area contributed by atoms with Crippen molar-refractivity contribution in [3.63, 3.8) is 0 Å². The van der Waals surface area contributed by atoms with E-state index in [0.29, 0.717) is 0 Å². The van der Waals surface area contributed by atoms with Crippen LogP contribution in [0.1, 0.15) is 0 Å². The van der Waals surface area contributed by atoms with Gasteiger partial charge in [0.25, 0.3) is 0 Å². The van der Waals surface area contributed by atoms with E-state index in [1.807, 2.05) is 0 Å². The largest absolute Gasteiger partial charge is 1.00 e. The second kappa shape index (κ2) is 10.5. The van der Waals surface area contributed by atoms with Gasteiger partial charge in [-0.3, -0.25) is 0 Å². The maximum Gasteiger partial charge on any atom is 1.00 e. The Labute approximate surface area is 218 Å². The predicted octanol–water partition coefficient (Wildman–Crippen LogP) is 1.74. The fourth-order valence-electron chi connectivity index (χ4n) is 4.57. The van der Waals surface area contributed by atoms with Crippen molar-refractivity contribution in [1.82, 2.24) is 0 Å². The van der Waals surface area contributed by atoms with E-state index in [-0.39, 0.29) is 67.4 Å². The van der Waals surface area contributed by atoms with Crippen molar-refractivity contribution in [2.75, 3.05) is 0 Å². The first-order valence-corrected chi connectivity index (χ1v) is 10.0. The summed E-state index contributed by atoms with van der Waals surface area (Å²) in [6.45, 7) is 0. The Kier molecular flexibility index (Phi) is 8.05. The first-order chi connectivity index (χ1) is 17.3. The maximum absolute atomic E-state index is 15.3. The van der Waals surface area contributed by atoms with Gasteiger partial charge in [0, 0.05) is 24.3 Å². The van der Waals surface area contributed by atoms with Crippen molar-refractivity contribution in [2.45, 2.75) is 0 Å². The Hall–Kier alpha value is -3.30. The van der Waals surface area contributed by atoms with E-state index >= 15 is 17.6 Å². The van der Waals surface area contributed by atoms with Crippen LogP contribution in [0.5, 0.6) is 0 Å². The van der Waals surface area contributed by atoms with Gasteiger partial charge in [-0.25, -0.2) is 52.7 Å². The molecule has 0 saturated carbocycles. The van der Waals surface area contributed by atoms with Crippen molar-refractivity contribution in [1.29, 1.82) is 0 Å². The van der Waals surface area contributed by atoms with Crippen LogP contribution in [0.15, 0.2) is 48.5 Å². The van der Waals surface area contributed by atoms with Gasteiger partial charge in [0.15, 0.2) is 23.3 Å². The van der Waals surface area contributed by atoms with E-state index in [2.05, 4.69) is 0 Å². The Morgan fingerprint density at radius 3 is 0.684 bits per heavy atom. The van der Waals surface area contributed by atoms with Gasteiger partial charge in [0.1, 0.15) is 52.7 Å². The second-order valence-corrected chi connectivity index (χ2v) is 8.03. The van der Waals surface area contributed by atoms with Gasteiger partial charge in [0.05, 0.1) is 0 Å². The van der Waals surface area contributed by atoms with E-state index in [0.717, 1.165) is 0 Å². The number of benzene rings is 4. The van der Waals surface area contributed by atoms with Gasteiger partial charge in [-0.2, -0.15) is 21.9 Å². The standard InChI is InChI=1S/C24H8BF12.Li/c26-9-1-13(21(34)17(30)5-9)25(14-2-10(27)6-18(31)22(14)35,15-3-11(28)7-19(32)23(15)36)16-4-12(29)8-20(33)24(16)37;/h1-8H;/q-1;+1. The molecule has 0 aromatic heterocycles. The Morgan fingerprint density at radius 1 is 0.316 bits per heavy atom. The maximum atomic E-state index is 15.3. The predicted molar refractivity (Wildman–Crippen MR) is 110 cm³/mol. The molecule has 0 amide bonds. The molecule has 0 aliphatic heterocycles. The quantitative estimate of drug-likeness (QED) is 0.210. The van der Waals surface area contributed by atoms with Crippen LogP contribution in [0.2, 0.25) is 0 Å². The monoisotopic (exact) mass is 542 g/mol. The van der Waals surface area contributed by atoms with Crippen molar-refractivity contribution >= 4 is 28.0 Å². The number of hydrogen-bond acceptors (Lipinski definition) is 0. The molecule has 0 unspecified atom stereocenters. The fraction of sp³-hybridized carbons (Fsp3) is 0. The van der Waals surface area contributed by atoms with Crippen LogP contribution in [0.3, 0.4) is 0 Å². The SMILES string of the molecule is Fc1cc(F)c(F)c([B-](c2cc(F)cc(F)c2F)(c2cc(F)cc(F)c2F)c2cc(F)cc(F)c2F)c1.[Li+]. The van der Waals surface area contributed by atoms with Crippen LogP contribution < -0.4 is 40.7 Å². The zero-order valence-electron chi connectivity index (χ0n) is 18.7. The Balaban J connectivity index is 0.00000400. The van der Waals surface area contributed by atoms with E-state index in [4.69, 9.17) is 0 Å². The molecular weight excluding hydrogens is 534 g/mol. The second-order valence-electron chi connectivity index (χ2n) is 8.03. The fourth-order valence-corrected chi connectivity index (χ4v) is 4.57. The molecule has 4 aromatic carbocycles. The summed E-state index contributed by atoms with van der Waals surface area (Å²) in [5.41, 5.74) is -6.69. The molecule has 0 saturated heterocycles. The summed E-state index contributed by atoms with van der Waals surface area (Å²) in [7, 11) is 0. The molecule has 192 valence electrons. The van der Waals surface area contributed by atoms with E-state index in [1.165, 1.54) is 0 Å². The molecule has 14 heteroatoms. The van der Waals surface area contributed by atoms with Gasteiger partial charge in [-0.1, -0.05) is 24.3 Å². The van der Waals surface area contributed by atoms with Gasteiger partial charge in [-0.15, -0.1) is 0 Å². The minimum Gasteiger partial charge on any atom is -0.207 e. The van der Waals surface area contributed by atoms with Crippen LogP contribution >= 0.6 is 0 Å². The summed E-state index contributed by atoms with van der Waals surface area (Å²) in [4.78, 5) is 0. The molecule has 0 spiro atoms. The smallest absolute Gasteiger partial charge is 0.207 e. The third-order valence-corrected chi connectivity index (χ3v) is 5.95. The van der Waals surface area contributed by atoms with Crippen LogP contribution in [0.25, 0.3) is 0 Å². The molecule has 38 heavy (non-hydrogen) atoms. The Bertz CT molecular complexity index is 1340. The molecule has 4 aromatic rings. The van der Waals surface area contributed by atoms with Crippen LogP contribution in [-0.2, 0) is 0 Å². The van der Waals surface area contributed by atoms with Crippen molar-refractivity contribution in [3.8, 4) is 0 Å². The zero-order valence-corrected chi connectivity index (χ0v) is 18.7. The van der Waals surface area contributed by atoms with Crippen molar-refractivity contribution < 1.29 is 71.5 Å². The molecule has 0 atom stereocenters. The molecule has 0 bridgehead atoms. The minimum atomic E-state index is -4.89. The molecule has 4 rings (SSSR count). The molecule has 0 N–H and O–H groups in total. The first-order valence-electron chi connectivity index (χ1n) is 10.0. The van der Waals surface area contributed by atoms with E-state index < -0.39 is 97.8 Å². The van der Waals surface area contributed by atoms with Gasteiger partial charge in [0.2, 0.25) is 0 Å². The first kappa shape index (κ1) is 29.3. The van der Waals surface area contributed by atoms with Crippen molar-refractivity contribution in [2.24, 2.45) is 0 Å². The molecular formula is C24H8BF12Li. The van der Waals surface area contributed by atoms with Crippen LogP contribution in [-0.4, -0.2) is 6.15 Å². The minimum absolute atomic E-state index is 0. The zero-order chi connectivity index (χ0) is 27.4. The third kappa shape index (κ3) is 4.58. The number of halogens is 12. The molecule has 0 aliphatic rings. The molecule has 0 heterocycles. The van der Waals surface area contributed by atoms with E-state index in [1.54, 1.807) is 0 Å². The van der Waals surface area contributed by atoms with E-state index in [9.17, 15) is 35.1 Å². The van der Waals surface area contributed by atoms with Crippen LogP contribution in [0, 0.1) is 69.8 Å². The molecule has 0 fully saturated rings. The molecule has 0 aliphatic carbocycles. The molecule has 0 nitrogen and oxygen atoms in total. The summed E-state index contributed by atoms with van der Waals surface area (Å²) in [6, 6.07) is -0.451. The molecule has 0 radical (unpaired) electrons. The van der Waals surface area contributed by atoms with Crippen molar-refractivity contribution in [3.05, 3.63) is 118 Å². The summed E-state index contributed by atoms with van der Waals surface area (Å²) in [5, 5.41) is 0. The number of rotatable bonds is 4. The summed E-state index contributed by atoms with van der Waals surface area (Å²) < 4.78 is 176. The average molecular weight is 542 g/mol. The summed E-state index contributed by atoms with van der Waals surface area (Å²) in [5.74, 6) is -24.2. The topological polar surface area (TPSA) is 0 Å². The number of hydrogen-bond donors (Lipinski definition) is 0. The summed E-state index contributed by atoms with van der Waals surface area (Å²) in [6.07, 6.45) is -4.89. The average Bonchev–Trinajstić information content (AvgIpc) is 2.80. The van der Waals surface area contributed by atoms with Gasteiger partial charge in [-0.05, 0) is 0 Å². The normalized spacial score (nSPS) is 11.5. The summed E-state index contributed by atoms with van der Waals surface area (Å²) >= 11 is 0. The third-order valence-electron chi connectivity index (χ3n) is 5.95. The van der Waals surface area contributed by atoms with Crippen LogP contribution in [0.4, 0.5) is 52.7 Å². The van der Waals surface area contributed by atoms with Gasteiger partial charge < -0.3 is 0 Å².